The maximum atomic E-state index is 13.1. The molecule has 8 heteroatoms. The fraction of sp³-hybridized carbons (Fsp3) is 0.222. The number of thiocarbonyl (C=S) groups is 1. The number of methoxy groups -OCH3 is 1. The predicted octanol–water partition coefficient (Wildman–Crippen LogP) is 5.65. The lowest BCUT2D eigenvalue weighted by molar-refractivity contribution is -0.122. The molecular weight excluding hydrogens is 478 g/mol. The number of hydrogen-bond acceptors (Lipinski definition) is 6. The lowest BCUT2D eigenvalue weighted by Crippen LogP contribution is -2.29. The quantitative estimate of drug-likeness (QED) is 0.154. The third-order valence-corrected chi connectivity index (χ3v) is 6.84. The van der Waals surface area contributed by atoms with Crippen LogP contribution in [0.1, 0.15) is 17.5 Å². The molecule has 6 nitrogen and oxygen atoms in total. The van der Waals surface area contributed by atoms with E-state index in [1.54, 1.807) is 18.1 Å². The average Bonchev–Trinajstić information content (AvgIpc) is 3.40. The molecule has 4 rings (SSSR count). The van der Waals surface area contributed by atoms with E-state index in [4.69, 9.17) is 26.8 Å². The molecule has 0 aliphatic carbocycles. The average molecular weight is 506 g/mol. The molecule has 0 unspecified atom stereocenters. The van der Waals surface area contributed by atoms with Crippen LogP contribution >= 0.6 is 24.0 Å². The molecule has 0 saturated carbocycles. The largest absolute Gasteiger partial charge is 0.489 e. The van der Waals surface area contributed by atoms with Crippen LogP contribution in [-0.4, -0.2) is 51.8 Å². The summed E-state index contributed by atoms with van der Waals surface area (Å²) in [7, 11) is 1.65. The Morgan fingerprint density at radius 2 is 2.00 bits per heavy atom. The fourth-order valence-electron chi connectivity index (χ4n) is 3.74. The van der Waals surface area contributed by atoms with E-state index >= 15 is 0 Å². The zero-order chi connectivity index (χ0) is 24.8. The number of aromatic nitrogens is 2. The van der Waals surface area contributed by atoms with Gasteiger partial charge < -0.3 is 9.47 Å². The van der Waals surface area contributed by atoms with Gasteiger partial charge in [-0.15, -0.1) is 0 Å². The van der Waals surface area contributed by atoms with Crippen LogP contribution in [0, 0.1) is 6.92 Å². The van der Waals surface area contributed by atoms with Crippen molar-refractivity contribution in [3.63, 3.8) is 0 Å². The fourth-order valence-corrected chi connectivity index (χ4v) is 5.04. The second-order valence-electron chi connectivity index (χ2n) is 7.97. The van der Waals surface area contributed by atoms with Crippen LogP contribution in [-0.2, 0) is 9.53 Å². The van der Waals surface area contributed by atoms with E-state index in [2.05, 4.69) is 6.58 Å². The molecule has 2 heterocycles. The molecule has 1 fully saturated rings. The molecule has 0 radical (unpaired) electrons. The Morgan fingerprint density at radius 3 is 2.71 bits per heavy atom. The first-order chi connectivity index (χ1) is 17.0. The molecule has 0 N–H and O–H groups in total. The SMILES string of the molecule is C=CCOc1ccc(-c2nn(-c3ccccc3)cc2/C=C2\SC(=S)N(CCCOC)C2=O)cc1C. The third-order valence-electron chi connectivity index (χ3n) is 5.46. The Hall–Kier alpha value is -3.20. The number of thioether (sulfide) groups is 1. The maximum absolute atomic E-state index is 13.1. The monoisotopic (exact) mass is 505 g/mol. The number of rotatable bonds is 10. The van der Waals surface area contributed by atoms with Gasteiger partial charge in [0, 0.05) is 37.6 Å². The zero-order valence-electron chi connectivity index (χ0n) is 19.8. The zero-order valence-corrected chi connectivity index (χ0v) is 21.4. The minimum absolute atomic E-state index is 0.0844. The molecule has 1 aromatic heterocycles. The van der Waals surface area contributed by atoms with E-state index in [0.29, 0.717) is 29.0 Å². The summed E-state index contributed by atoms with van der Waals surface area (Å²) >= 11 is 6.80. The van der Waals surface area contributed by atoms with Gasteiger partial charge >= 0.3 is 0 Å². The highest BCUT2D eigenvalue weighted by Crippen LogP contribution is 2.35. The normalized spacial score (nSPS) is 14.7. The van der Waals surface area contributed by atoms with Gasteiger partial charge in [0.1, 0.15) is 22.4 Å². The van der Waals surface area contributed by atoms with Crippen molar-refractivity contribution in [1.29, 1.82) is 0 Å². The number of carbonyl (C=O) groups excluding carboxylic acids is 1. The summed E-state index contributed by atoms with van der Waals surface area (Å²) in [4.78, 5) is 15.3. The topological polar surface area (TPSA) is 56.6 Å². The summed E-state index contributed by atoms with van der Waals surface area (Å²) in [6.45, 7) is 7.27. The van der Waals surface area contributed by atoms with Crippen molar-refractivity contribution in [2.45, 2.75) is 13.3 Å². The van der Waals surface area contributed by atoms with E-state index in [1.165, 1.54) is 11.8 Å². The van der Waals surface area contributed by atoms with Crippen molar-refractivity contribution in [1.82, 2.24) is 14.7 Å². The molecule has 180 valence electrons. The molecule has 0 bridgehead atoms. The van der Waals surface area contributed by atoms with Gasteiger partial charge in [-0.2, -0.15) is 5.10 Å². The van der Waals surface area contributed by atoms with Crippen molar-refractivity contribution in [3.8, 4) is 22.7 Å². The summed E-state index contributed by atoms with van der Waals surface area (Å²) in [5, 5.41) is 4.88. The number of aryl methyl sites for hydroxylation is 1. The van der Waals surface area contributed by atoms with Crippen LogP contribution in [0.2, 0.25) is 0 Å². The molecule has 1 aliphatic rings. The summed E-state index contributed by atoms with van der Waals surface area (Å²) in [5.41, 5.74) is 4.48. The number of hydrogen-bond donors (Lipinski definition) is 0. The van der Waals surface area contributed by atoms with Crippen LogP contribution in [0.4, 0.5) is 0 Å². The minimum atomic E-state index is -0.0844. The highest BCUT2D eigenvalue weighted by molar-refractivity contribution is 8.26. The van der Waals surface area contributed by atoms with E-state index < -0.39 is 0 Å². The second-order valence-corrected chi connectivity index (χ2v) is 9.65. The van der Waals surface area contributed by atoms with Crippen molar-refractivity contribution in [2.75, 3.05) is 26.9 Å². The van der Waals surface area contributed by atoms with Crippen molar-refractivity contribution in [2.24, 2.45) is 0 Å². The van der Waals surface area contributed by atoms with Crippen molar-refractivity contribution < 1.29 is 14.3 Å². The summed E-state index contributed by atoms with van der Waals surface area (Å²) in [5.74, 6) is 0.716. The van der Waals surface area contributed by atoms with Gasteiger partial charge in [0.2, 0.25) is 0 Å². The predicted molar refractivity (Wildman–Crippen MR) is 146 cm³/mol. The van der Waals surface area contributed by atoms with E-state index in [1.807, 2.05) is 72.4 Å². The number of benzene rings is 2. The number of ether oxygens (including phenoxy) is 2. The first kappa shape index (κ1) is 24.9. The van der Waals surface area contributed by atoms with Gasteiger partial charge in [0.05, 0.1) is 10.6 Å². The van der Waals surface area contributed by atoms with E-state index in [-0.39, 0.29) is 5.91 Å². The Labute approximate surface area is 215 Å². The van der Waals surface area contributed by atoms with Crippen molar-refractivity contribution in [3.05, 3.63) is 83.4 Å². The molecule has 1 saturated heterocycles. The second kappa shape index (κ2) is 11.5. The van der Waals surface area contributed by atoms with E-state index in [9.17, 15) is 4.79 Å². The third kappa shape index (κ3) is 5.73. The van der Waals surface area contributed by atoms with Crippen LogP contribution < -0.4 is 4.74 Å². The lowest BCUT2D eigenvalue weighted by atomic mass is 10.0. The van der Waals surface area contributed by atoms with Gasteiger partial charge in [-0.25, -0.2) is 4.68 Å². The summed E-state index contributed by atoms with van der Waals surface area (Å²) < 4.78 is 13.2. The van der Waals surface area contributed by atoms with Gasteiger partial charge in [-0.3, -0.25) is 9.69 Å². The highest BCUT2D eigenvalue weighted by Gasteiger charge is 2.32. The summed E-state index contributed by atoms with van der Waals surface area (Å²) in [6, 6.07) is 15.9. The van der Waals surface area contributed by atoms with Crippen LogP contribution in [0.3, 0.4) is 0 Å². The molecule has 3 aromatic rings. The number of carbonyl (C=O) groups is 1. The molecular formula is C27H27N3O3S2. The lowest BCUT2D eigenvalue weighted by Gasteiger charge is -2.13. The minimum Gasteiger partial charge on any atom is -0.489 e. The Balaban J connectivity index is 1.72. The van der Waals surface area contributed by atoms with Crippen LogP contribution in [0.5, 0.6) is 5.75 Å². The standard InChI is InChI=1S/C27H27N3O3S2/c1-4-14-33-23-12-11-20(16-19(23)2)25-21(18-30(28-25)22-9-6-5-7-10-22)17-24-26(31)29(27(34)35-24)13-8-15-32-3/h4-7,9-12,16-18H,1,8,13-15H2,2-3H3/b24-17-. The van der Waals surface area contributed by atoms with Gasteiger partial charge in [0.15, 0.2) is 0 Å². The van der Waals surface area contributed by atoms with Gasteiger partial charge in [-0.05, 0) is 55.3 Å². The van der Waals surface area contributed by atoms with Gasteiger partial charge in [0.25, 0.3) is 5.91 Å². The molecule has 1 aliphatic heterocycles. The highest BCUT2D eigenvalue weighted by atomic mass is 32.2. The first-order valence-corrected chi connectivity index (χ1v) is 12.5. The number of nitrogens with zero attached hydrogens (tertiary/aromatic N) is 3. The molecule has 0 spiro atoms. The van der Waals surface area contributed by atoms with Crippen LogP contribution in [0.15, 0.2) is 72.3 Å². The first-order valence-electron chi connectivity index (χ1n) is 11.3. The molecule has 35 heavy (non-hydrogen) atoms. The molecule has 2 aromatic carbocycles. The van der Waals surface area contributed by atoms with Crippen molar-refractivity contribution >= 4 is 40.3 Å². The smallest absolute Gasteiger partial charge is 0.266 e. The van der Waals surface area contributed by atoms with Gasteiger partial charge in [-0.1, -0.05) is 54.8 Å². The van der Waals surface area contributed by atoms with Crippen LogP contribution in [0.25, 0.3) is 23.0 Å². The number of amides is 1. The Kier molecular flexibility index (Phi) is 8.17. The maximum Gasteiger partial charge on any atom is 0.266 e. The van der Waals surface area contributed by atoms with E-state index in [0.717, 1.165) is 40.2 Å². The molecule has 1 amide bonds. The number of para-hydroxylation sites is 1. The summed E-state index contributed by atoms with van der Waals surface area (Å²) in [6.07, 6.45) is 6.28. The Bertz CT molecular complexity index is 1270. The molecule has 0 atom stereocenters. The Morgan fingerprint density at radius 1 is 1.20 bits per heavy atom.